The molecular formula is C16H12BrClN2O6. The molecule has 1 heterocycles. The number of carbonyl (C=O) groups excluding carboxylic acids is 2. The number of hydrogen-bond donors (Lipinski definition) is 1. The van der Waals surface area contributed by atoms with Crippen molar-refractivity contribution >= 4 is 56.9 Å². The summed E-state index contributed by atoms with van der Waals surface area (Å²) >= 11 is 9.03. The van der Waals surface area contributed by atoms with E-state index in [0.717, 1.165) is 12.1 Å². The SMILES string of the molecule is CC(OC(=O)C=Cc1ccc(Br)o1)C(=O)Nc1cc([N+](=O)[O-])ccc1Cl. The van der Waals surface area contributed by atoms with Gasteiger partial charge in [0.15, 0.2) is 10.8 Å². The van der Waals surface area contributed by atoms with E-state index in [9.17, 15) is 19.7 Å². The first-order chi connectivity index (χ1) is 12.3. The molecule has 0 aliphatic heterocycles. The number of esters is 1. The van der Waals surface area contributed by atoms with Gasteiger partial charge in [0.25, 0.3) is 11.6 Å². The highest BCUT2D eigenvalue weighted by Gasteiger charge is 2.19. The van der Waals surface area contributed by atoms with E-state index in [2.05, 4.69) is 21.2 Å². The second kappa shape index (κ2) is 8.63. The minimum absolute atomic E-state index is 0.0461. The Morgan fingerprint density at radius 3 is 2.73 bits per heavy atom. The fraction of sp³-hybridized carbons (Fsp3) is 0.125. The van der Waals surface area contributed by atoms with E-state index in [-0.39, 0.29) is 16.4 Å². The Morgan fingerprint density at radius 2 is 2.12 bits per heavy atom. The summed E-state index contributed by atoms with van der Waals surface area (Å²) in [6.45, 7) is 1.36. The summed E-state index contributed by atoms with van der Waals surface area (Å²) in [5, 5.41) is 13.3. The van der Waals surface area contributed by atoms with E-state index in [1.54, 1.807) is 12.1 Å². The molecule has 0 aliphatic rings. The molecule has 0 saturated heterocycles. The van der Waals surface area contributed by atoms with Crippen molar-refractivity contribution in [2.75, 3.05) is 5.32 Å². The van der Waals surface area contributed by atoms with Gasteiger partial charge in [-0.25, -0.2) is 4.79 Å². The first-order valence-electron chi connectivity index (χ1n) is 7.15. The molecule has 8 nitrogen and oxygen atoms in total. The lowest BCUT2D eigenvalue weighted by molar-refractivity contribution is -0.384. The number of nitro groups is 1. The molecule has 1 amide bonds. The van der Waals surface area contributed by atoms with Crippen LogP contribution >= 0.6 is 27.5 Å². The summed E-state index contributed by atoms with van der Waals surface area (Å²) in [6, 6.07) is 6.90. The standard InChI is InChI=1S/C16H12BrClN2O6/c1-9(25-15(21)7-4-11-3-6-14(17)26-11)16(22)19-13-8-10(20(23)24)2-5-12(13)18/h2-9H,1H3,(H,19,22). The number of non-ortho nitro benzene ring substituents is 1. The van der Waals surface area contributed by atoms with Crippen LogP contribution in [0.1, 0.15) is 12.7 Å². The first kappa shape index (κ1) is 19.7. The Labute approximate surface area is 161 Å². The molecule has 2 rings (SSSR count). The Kier molecular flexibility index (Phi) is 6.53. The molecule has 0 fully saturated rings. The fourth-order valence-corrected chi connectivity index (χ4v) is 2.28. The summed E-state index contributed by atoms with van der Waals surface area (Å²) in [6.07, 6.45) is 1.34. The van der Waals surface area contributed by atoms with E-state index in [4.69, 9.17) is 20.8 Å². The summed E-state index contributed by atoms with van der Waals surface area (Å²) in [7, 11) is 0. The maximum absolute atomic E-state index is 12.1. The van der Waals surface area contributed by atoms with E-state index < -0.39 is 22.9 Å². The lowest BCUT2D eigenvalue weighted by Gasteiger charge is -2.13. The number of carbonyl (C=O) groups is 2. The van der Waals surface area contributed by atoms with Gasteiger partial charge in [0.1, 0.15) is 5.76 Å². The van der Waals surface area contributed by atoms with Gasteiger partial charge in [-0.2, -0.15) is 0 Å². The highest BCUT2D eigenvalue weighted by Crippen LogP contribution is 2.26. The molecule has 0 aliphatic carbocycles. The molecular weight excluding hydrogens is 432 g/mol. The number of benzene rings is 1. The van der Waals surface area contributed by atoms with Crippen molar-refractivity contribution in [2.45, 2.75) is 13.0 Å². The maximum Gasteiger partial charge on any atom is 0.331 e. The minimum Gasteiger partial charge on any atom is -0.450 e. The normalized spacial score (nSPS) is 12.0. The molecule has 0 bridgehead atoms. The predicted molar refractivity (Wildman–Crippen MR) is 97.7 cm³/mol. The number of furan rings is 1. The van der Waals surface area contributed by atoms with Crippen molar-refractivity contribution in [1.29, 1.82) is 0 Å². The second-order valence-electron chi connectivity index (χ2n) is 4.96. The molecule has 1 unspecified atom stereocenters. The number of ether oxygens (including phenoxy) is 1. The van der Waals surface area contributed by atoms with Crippen molar-refractivity contribution in [3.63, 3.8) is 0 Å². The monoisotopic (exact) mass is 442 g/mol. The zero-order valence-corrected chi connectivity index (χ0v) is 15.6. The third-order valence-electron chi connectivity index (χ3n) is 3.06. The average Bonchev–Trinajstić information content (AvgIpc) is 3.00. The zero-order chi connectivity index (χ0) is 19.3. The first-order valence-corrected chi connectivity index (χ1v) is 8.32. The predicted octanol–water partition coefficient (Wildman–Crippen LogP) is 4.19. The number of halogens is 2. The molecule has 0 radical (unpaired) electrons. The van der Waals surface area contributed by atoms with Gasteiger partial charge in [0, 0.05) is 18.2 Å². The Morgan fingerprint density at radius 1 is 1.38 bits per heavy atom. The summed E-state index contributed by atoms with van der Waals surface area (Å²) in [4.78, 5) is 34.0. The number of anilines is 1. The number of nitrogens with zero attached hydrogens (tertiary/aromatic N) is 1. The van der Waals surface area contributed by atoms with Gasteiger partial charge in [-0.1, -0.05) is 11.6 Å². The number of rotatable bonds is 6. The van der Waals surface area contributed by atoms with E-state index in [0.29, 0.717) is 10.4 Å². The fourth-order valence-electron chi connectivity index (χ4n) is 1.79. The zero-order valence-electron chi connectivity index (χ0n) is 13.3. The quantitative estimate of drug-likeness (QED) is 0.310. The van der Waals surface area contributed by atoms with E-state index in [1.807, 2.05) is 0 Å². The molecule has 10 heteroatoms. The van der Waals surface area contributed by atoms with Crippen molar-refractivity contribution in [1.82, 2.24) is 0 Å². The Hall–Kier alpha value is -2.65. The van der Waals surface area contributed by atoms with Crippen molar-refractivity contribution in [3.8, 4) is 0 Å². The lowest BCUT2D eigenvalue weighted by Crippen LogP contribution is -2.29. The summed E-state index contributed by atoms with van der Waals surface area (Å²) < 4.78 is 10.7. The molecule has 1 aromatic carbocycles. The topological polar surface area (TPSA) is 112 Å². The second-order valence-corrected chi connectivity index (χ2v) is 6.15. The number of amides is 1. The van der Waals surface area contributed by atoms with Crippen LogP contribution in [0.2, 0.25) is 5.02 Å². The molecule has 0 spiro atoms. The van der Waals surface area contributed by atoms with Gasteiger partial charge >= 0.3 is 5.97 Å². The molecule has 0 saturated carbocycles. The number of nitrogens with one attached hydrogen (secondary N) is 1. The van der Waals surface area contributed by atoms with Gasteiger partial charge in [-0.3, -0.25) is 14.9 Å². The van der Waals surface area contributed by atoms with Crippen LogP contribution in [0.5, 0.6) is 0 Å². The van der Waals surface area contributed by atoms with Crippen molar-refractivity contribution < 1.29 is 23.7 Å². The van der Waals surface area contributed by atoms with Crippen LogP contribution < -0.4 is 5.32 Å². The van der Waals surface area contributed by atoms with Crippen LogP contribution in [0.4, 0.5) is 11.4 Å². The van der Waals surface area contributed by atoms with Crippen LogP contribution in [0.15, 0.2) is 45.5 Å². The van der Waals surface area contributed by atoms with Gasteiger partial charge in [-0.15, -0.1) is 0 Å². The molecule has 2 aromatic rings. The molecule has 26 heavy (non-hydrogen) atoms. The largest absolute Gasteiger partial charge is 0.450 e. The minimum atomic E-state index is -1.15. The van der Waals surface area contributed by atoms with Crippen LogP contribution in [0, 0.1) is 10.1 Å². The molecule has 1 N–H and O–H groups in total. The van der Waals surface area contributed by atoms with Crippen LogP contribution in [0.3, 0.4) is 0 Å². The number of hydrogen-bond acceptors (Lipinski definition) is 6. The highest BCUT2D eigenvalue weighted by molar-refractivity contribution is 9.10. The average molecular weight is 444 g/mol. The van der Waals surface area contributed by atoms with Crippen LogP contribution in [0.25, 0.3) is 6.08 Å². The van der Waals surface area contributed by atoms with Gasteiger partial charge in [0.05, 0.1) is 15.6 Å². The maximum atomic E-state index is 12.1. The number of nitro benzene ring substituents is 1. The smallest absolute Gasteiger partial charge is 0.331 e. The van der Waals surface area contributed by atoms with Gasteiger partial charge in [0.2, 0.25) is 0 Å². The van der Waals surface area contributed by atoms with Gasteiger partial charge < -0.3 is 14.5 Å². The van der Waals surface area contributed by atoms with Crippen molar-refractivity contribution in [3.05, 3.63) is 62.0 Å². The summed E-state index contributed by atoms with van der Waals surface area (Å²) in [5.74, 6) is -1.02. The van der Waals surface area contributed by atoms with Crippen molar-refractivity contribution in [2.24, 2.45) is 0 Å². The summed E-state index contributed by atoms with van der Waals surface area (Å²) in [5.41, 5.74) is -0.188. The van der Waals surface area contributed by atoms with E-state index in [1.165, 1.54) is 25.1 Å². The third-order valence-corrected chi connectivity index (χ3v) is 3.81. The third kappa shape index (κ3) is 5.43. The Balaban J connectivity index is 1.97. The molecule has 1 atom stereocenters. The van der Waals surface area contributed by atoms with Gasteiger partial charge in [-0.05, 0) is 47.1 Å². The lowest BCUT2D eigenvalue weighted by atomic mass is 10.2. The van der Waals surface area contributed by atoms with Crippen LogP contribution in [-0.2, 0) is 14.3 Å². The van der Waals surface area contributed by atoms with E-state index >= 15 is 0 Å². The molecule has 136 valence electrons. The Bertz CT molecular complexity index is 879. The molecule has 1 aromatic heterocycles. The van der Waals surface area contributed by atoms with Crippen LogP contribution in [-0.4, -0.2) is 22.9 Å². The highest BCUT2D eigenvalue weighted by atomic mass is 79.9.